The first-order chi connectivity index (χ1) is 9.10. The molecule has 2 aromatic rings. The summed E-state index contributed by atoms with van der Waals surface area (Å²) in [6.07, 6.45) is 2.85. The molecule has 102 valence electrons. The lowest BCUT2D eigenvalue weighted by Gasteiger charge is -2.33. The number of hydrazine groups is 1. The highest BCUT2D eigenvalue weighted by molar-refractivity contribution is 5.33. The second-order valence-corrected chi connectivity index (χ2v) is 5.45. The van der Waals surface area contributed by atoms with Crippen LogP contribution < -0.4 is 11.3 Å². The normalized spacial score (nSPS) is 13.5. The number of hydrogen-bond donors (Lipinski definition) is 2. The van der Waals surface area contributed by atoms with Crippen LogP contribution in [-0.2, 0) is 0 Å². The van der Waals surface area contributed by atoms with E-state index in [4.69, 9.17) is 5.84 Å². The minimum absolute atomic E-state index is 0.0557. The van der Waals surface area contributed by atoms with Gasteiger partial charge in [0.25, 0.3) is 0 Å². The molecule has 0 fully saturated rings. The first-order valence-corrected chi connectivity index (χ1v) is 6.65. The number of rotatable bonds is 5. The summed E-state index contributed by atoms with van der Waals surface area (Å²) in [7, 11) is 0. The molecular formula is C15H22N4. The summed E-state index contributed by atoms with van der Waals surface area (Å²) in [5, 5.41) is 4.42. The average molecular weight is 258 g/mol. The maximum Gasteiger partial charge on any atom is 0.0684 e. The van der Waals surface area contributed by atoms with Gasteiger partial charge in [0.2, 0.25) is 0 Å². The molecule has 3 N–H and O–H groups in total. The van der Waals surface area contributed by atoms with Gasteiger partial charge in [-0.25, -0.2) is 4.68 Å². The van der Waals surface area contributed by atoms with Gasteiger partial charge < -0.3 is 0 Å². The molecular weight excluding hydrogens is 236 g/mol. The van der Waals surface area contributed by atoms with Gasteiger partial charge in [-0.3, -0.25) is 11.3 Å². The quantitative estimate of drug-likeness (QED) is 0.640. The van der Waals surface area contributed by atoms with E-state index in [1.165, 1.54) is 0 Å². The van der Waals surface area contributed by atoms with E-state index >= 15 is 0 Å². The van der Waals surface area contributed by atoms with Crippen molar-refractivity contribution in [1.82, 2.24) is 15.2 Å². The molecule has 0 saturated carbocycles. The molecule has 2 rings (SSSR count). The second-order valence-electron chi connectivity index (χ2n) is 5.45. The van der Waals surface area contributed by atoms with Gasteiger partial charge in [0.15, 0.2) is 0 Å². The summed E-state index contributed by atoms with van der Waals surface area (Å²) >= 11 is 0. The number of nitrogens with zero attached hydrogens (tertiary/aromatic N) is 2. The van der Waals surface area contributed by atoms with Crippen LogP contribution in [0.5, 0.6) is 0 Å². The van der Waals surface area contributed by atoms with E-state index in [2.05, 4.69) is 31.3 Å². The van der Waals surface area contributed by atoms with E-state index in [0.717, 1.165) is 17.8 Å². The largest absolute Gasteiger partial charge is 0.271 e. The number of nitrogens with one attached hydrogen (secondary N) is 1. The Hall–Kier alpha value is -1.65. The van der Waals surface area contributed by atoms with E-state index in [9.17, 15) is 0 Å². The van der Waals surface area contributed by atoms with Crippen molar-refractivity contribution in [3.05, 3.63) is 48.3 Å². The Kier molecular flexibility index (Phi) is 4.02. The maximum atomic E-state index is 5.78. The van der Waals surface area contributed by atoms with Crippen molar-refractivity contribution >= 4 is 0 Å². The van der Waals surface area contributed by atoms with E-state index in [-0.39, 0.29) is 11.5 Å². The predicted molar refractivity (Wildman–Crippen MR) is 77.7 cm³/mol. The monoisotopic (exact) mass is 258 g/mol. The zero-order valence-corrected chi connectivity index (χ0v) is 11.8. The Morgan fingerprint density at radius 2 is 1.95 bits per heavy atom. The van der Waals surface area contributed by atoms with Crippen molar-refractivity contribution in [2.45, 2.75) is 33.2 Å². The topological polar surface area (TPSA) is 55.9 Å². The zero-order chi connectivity index (χ0) is 13.9. The predicted octanol–water partition coefficient (Wildman–Crippen LogP) is 2.81. The lowest BCUT2D eigenvalue weighted by atomic mass is 9.80. The van der Waals surface area contributed by atoms with E-state index in [1.54, 1.807) is 0 Å². The Labute approximate surface area is 114 Å². The van der Waals surface area contributed by atoms with Crippen molar-refractivity contribution in [3.63, 3.8) is 0 Å². The van der Waals surface area contributed by atoms with Gasteiger partial charge in [-0.05, 0) is 30.0 Å². The van der Waals surface area contributed by atoms with Gasteiger partial charge in [-0.2, -0.15) is 5.10 Å². The number of hydrogen-bond acceptors (Lipinski definition) is 3. The highest BCUT2D eigenvalue weighted by Crippen LogP contribution is 2.36. The number of benzene rings is 1. The molecule has 1 heterocycles. The van der Waals surface area contributed by atoms with E-state index in [0.29, 0.717) is 0 Å². The number of aromatic nitrogens is 2. The molecule has 0 spiro atoms. The molecule has 0 amide bonds. The van der Waals surface area contributed by atoms with Gasteiger partial charge in [0.1, 0.15) is 0 Å². The van der Waals surface area contributed by atoms with Gasteiger partial charge in [0, 0.05) is 6.20 Å². The third-order valence-corrected chi connectivity index (χ3v) is 3.83. The first-order valence-electron chi connectivity index (χ1n) is 6.65. The molecule has 19 heavy (non-hydrogen) atoms. The van der Waals surface area contributed by atoms with Crippen LogP contribution >= 0.6 is 0 Å². The van der Waals surface area contributed by atoms with E-state index < -0.39 is 0 Å². The molecule has 0 radical (unpaired) electrons. The minimum atomic E-state index is 0.0557. The first kappa shape index (κ1) is 13.8. The van der Waals surface area contributed by atoms with Crippen LogP contribution in [0, 0.1) is 5.41 Å². The van der Waals surface area contributed by atoms with Crippen LogP contribution in [0.2, 0.25) is 0 Å². The molecule has 4 heteroatoms. The average Bonchev–Trinajstić information content (AvgIpc) is 2.89. The molecule has 0 aliphatic heterocycles. The fourth-order valence-corrected chi connectivity index (χ4v) is 2.23. The van der Waals surface area contributed by atoms with Crippen molar-refractivity contribution in [2.75, 3.05) is 0 Å². The molecule has 0 saturated heterocycles. The molecule has 0 aliphatic rings. The van der Waals surface area contributed by atoms with Gasteiger partial charge >= 0.3 is 0 Å². The summed E-state index contributed by atoms with van der Waals surface area (Å²) in [4.78, 5) is 0. The summed E-state index contributed by atoms with van der Waals surface area (Å²) in [6.45, 7) is 6.59. The molecule has 1 aromatic heterocycles. The molecule has 0 bridgehead atoms. The summed E-state index contributed by atoms with van der Waals surface area (Å²) in [5.74, 6) is 5.78. The summed E-state index contributed by atoms with van der Waals surface area (Å²) in [6, 6.07) is 12.2. The lowest BCUT2D eigenvalue weighted by Crippen LogP contribution is -2.39. The Bertz CT molecular complexity index is 516. The van der Waals surface area contributed by atoms with Crippen molar-refractivity contribution < 1.29 is 0 Å². The van der Waals surface area contributed by atoms with Crippen LogP contribution in [0.1, 0.15) is 38.9 Å². The second kappa shape index (κ2) is 5.55. The van der Waals surface area contributed by atoms with Crippen LogP contribution in [0.25, 0.3) is 5.69 Å². The standard InChI is InChI=1S/C15H22N4/c1-4-15(2,3)14(18-16)13-10-11-17-19(13)12-8-6-5-7-9-12/h5-11,14,18H,4,16H2,1-3H3. The fourth-order valence-electron chi connectivity index (χ4n) is 2.23. The Balaban J connectivity index is 2.44. The summed E-state index contributed by atoms with van der Waals surface area (Å²) < 4.78 is 1.95. The van der Waals surface area contributed by atoms with Crippen LogP contribution in [0.15, 0.2) is 42.6 Å². The molecule has 1 unspecified atom stereocenters. The lowest BCUT2D eigenvalue weighted by molar-refractivity contribution is 0.228. The van der Waals surface area contributed by atoms with Crippen LogP contribution in [-0.4, -0.2) is 9.78 Å². The third-order valence-electron chi connectivity index (χ3n) is 3.83. The van der Waals surface area contributed by atoms with E-state index in [1.807, 2.05) is 47.3 Å². The molecule has 4 nitrogen and oxygen atoms in total. The number of nitrogens with two attached hydrogens (primary N) is 1. The van der Waals surface area contributed by atoms with Gasteiger partial charge in [0.05, 0.1) is 17.4 Å². The highest BCUT2D eigenvalue weighted by atomic mass is 15.3. The highest BCUT2D eigenvalue weighted by Gasteiger charge is 2.30. The van der Waals surface area contributed by atoms with Gasteiger partial charge in [-0.1, -0.05) is 39.0 Å². The third kappa shape index (κ3) is 2.69. The maximum absolute atomic E-state index is 5.78. The molecule has 1 atom stereocenters. The SMILES string of the molecule is CCC(C)(C)C(NN)c1ccnn1-c1ccccc1. The Morgan fingerprint density at radius 1 is 1.26 bits per heavy atom. The van der Waals surface area contributed by atoms with Gasteiger partial charge in [-0.15, -0.1) is 0 Å². The smallest absolute Gasteiger partial charge is 0.0684 e. The number of para-hydroxylation sites is 1. The molecule has 0 aliphatic carbocycles. The van der Waals surface area contributed by atoms with Crippen molar-refractivity contribution in [1.29, 1.82) is 0 Å². The Morgan fingerprint density at radius 3 is 2.53 bits per heavy atom. The van der Waals surface area contributed by atoms with Crippen LogP contribution in [0.4, 0.5) is 0 Å². The minimum Gasteiger partial charge on any atom is -0.271 e. The van der Waals surface area contributed by atoms with Crippen LogP contribution in [0.3, 0.4) is 0 Å². The summed E-state index contributed by atoms with van der Waals surface area (Å²) in [5.41, 5.74) is 5.14. The van der Waals surface area contributed by atoms with Crippen molar-refractivity contribution in [2.24, 2.45) is 11.3 Å². The van der Waals surface area contributed by atoms with Crippen molar-refractivity contribution in [3.8, 4) is 5.69 Å². The zero-order valence-electron chi connectivity index (χ0n) is 11.8. The molecule has 1 aromatic carbocycles. The fraction of sp³-hybridized carbons (Fsp3) is 0.400.